The molecule has 0 aromatic carbocycles. The van der Waals surface area contributed by atoms with Gasteiger partial charge in [0.25, 0.3) is 0 Å². The van der Waals surface area contributed by atoms with E-state index in [1.807, 2.05) is 25.8 Å². The molecule has 0 aliphatic carbocycles. The van der Waals surface area contributed by atoms with E-state index in [1.165, 1.54) is 6.20 Å². The summed E-state index contributed by atoms with van der Waals surface area (Å²) in [6.07, 6.45) is 1.47. The SMILES string of the molecule is CN(CC(C)(C)N)c1ccc(C(N)=O)cn1. The highest BCUT2D eigenvalue weighted by atomic mass is 16.1. The maximum atomic E-state index is 10.9. The zero-order valence-corrected chi connectivity index (χ0v) is 9.90. The summed E-state index contributed by atoms with van der Waals surface area (Å²) < 4.78 is 0. The maximum Gasteiger partial charge on any atom is 0.250 e. The van der Waals surface area contributed by atoms with E-state index in [2.05, 4.69) is 4.98 Å². The topological polar surface area (TPSA) is 85.2 Å². The quantitative estimate of drug-likeness (QED) is 0.770. The molecule has 1 rings (SSSR count). The van der Waals surface area contributed by atoms with Gasteiger partial charge in [0.15, 0.2) is 0 Å². The minimum absolute atomic E-state index is 0.293. The average Bonchev–Trinajstić information content (AvgIpc) is 2.15. The summed E-state index contributed by atoms with van der Waals surface area (Å²) in [6, 6.07) is 3.41. The first-order valence-corrected chi connectivity index (χ1v) is 5.05. The Morgan fingerprint density at radius 3 is 2.50 bits per heavy atom. The molecule has 0 saturated carbocycles. The normalized spacial score (nSPS) is 11.2. The lowest BCUT2D eigenvalue weighted by molar-refractivity contribution is 0.1000. The van der Waals surface area contributed by atoms with Crippen LogP contribution in [0.3, 0.4) is 0 Å². The minimum Gasteiger partial charge on any atom is -0.366 e. The number of nitrogens with two attached hydrogens (primary N) is 2. The Labute approximate surface area is 95.4 Å². The maximum absolute atomic E-state index is 10.9. The Balaban J connectivity index is 2.78. The molecule has 0 aliphatic heterocycles. The summed E-state index contributed by atoms with van der Waals surface area (Å²) >= 11 is 0. The van der Waals surface area contributed by atoms with Gasteiger partial charge in [0, 0.05) is 25.3 Å². The van der Waals surface area contributed by atoms with Crippen LogP contribution < -0.4 is 16.4 Å². The van der Waals surface area contributed by atoms with E-state index < -0.39 is 5.91 Å². The van der Waals surface area contributed by atoms with Crippen molar-refractivity contribution in [3.63, 3.8) is 0 Å². The summed E-state index contributed by atoms with van der Waals surface area (Å²) in [4.78, 5) is 16.9. The van der Waals surface area contributed by atoms with E-state index in [9.17, 15) is 4.79 Å². The van der Waals surface area contributed by atoms with Crippen molar-refractivity contribution in [1.82, 2.24) is 4.98 Å². The number of primary amides is 1. The van der Waals surface area contributed by atoms with Crippen molar-refractivity contribution in [1.29, 1.82) is 0 Å². The van der Waals surface area contributed by atoms with Crippen molar-refractivity contribution < 1.29 is 4.79 Å². The highest BCUT2D eigenvalue weighted by Crippen LogP contribution is 2.11. The number of carbonyl (C=O) groups excluding carboxylic acids is 1. The number of pyridine rings is 1. The van der Waals surface area contributed by atoms with Crippen molar-refractivity contribution in [2.24, 2.45) is 11.5 Å². The van der Waals surface area contributed by atoms with Gasteiger partial charge in [0.05, 0.1) is 5.56 Å². The van der Waals surface area contributed by atoms with Crippen molar-refractivity contribution in [3.05, 3.63) is 23.9 Å². The van der Waals surface area contributed by atoms with Crippen molar-refractivity contribution in [2.75, 3.05) is 18.5 Å². The lowest BCUT2D eigenvalue weighted by atomic mass is 10.1. The van der Waals surface area contributed by atoms with Gasteiger partial charge in [-0.3, -0.25) is 4.79 Å². The molecule has 0 fully saturated rings. The molecule has 0 spiro atoms. The number of carbonyl (C=O) groups is 1. The predicted molar refractivity (Wildman–Crippen MR) is 64.3 cm³/mol. The Morgan fingerprint density at radius 2 is 2.12 bits per heavy atom. The number of hydrogen-bond donors (Lipinski definition) is 2. The molecule has 0 radical (unpaired) electrons. The van der Waals surface area contributed by atoms with Gasteiger partial charge in [-0.2, -0.15) is 0 Å². The fourth-order valence-electron chi connectivity index (χ4n) is 1.45. The molecular formula is C11H18N4O. The van der Waals surface area contributed by atoms with Gasteiger partial charge in [-0.05, 0) is 26.0 Å². The van der Waals surface area contributed by atoms with E-state index >= 15 is 0 Å². The number of aromatic nitrogens is 1. The lowest BCUT2D eigenvalue weighted by Crippen LogP contribution is -2.44. The second-order valence-corrected chi connectivity index (χ2v) is 4.61. The van der Waals surface area contributed by atoms with E-state index in [4.69, 9.17) is 11.5 Å². The third kappa shape index (κ3) is 3.51. The number of rotatable bonds is 4. The zero-order chi connectivity index (χ0) is 12.3. The molecule has 0 unspecified atom stereocenters. The second-order valence-electron chi connectivity index (χ2n) is 4.61. The number of nitrogens with zero attached hydrogens (tertiary/aromatic N) is 2. The monoisotopic (exact) mass is 222 g/mol. The molecule has 0 saturated heterocycles. The van der Waals surface area contributed by atoms with Gasteiger partial charge in [0.1, 0.15) is 5.82 Å². The summed E-state index contributed by atoms with van der Waals surface area (Å²) in [5, 5.41) is 0. The molecule has 0 atom stereocenters. The fraction of sp³-hybridized carbons (Fsp3) is 0.455. The Morgan fingerprint density at radius 1 is 1.50 bits per heavy atom. The first-order chi connectivity index (χ1) is 7.29. The molecule has 1 heterocycles. The van der Waals surface area contributed by atoms with E-state index in [0.717, 1.165) is 5.82 Å². The van der Waals surface area contributed by atoms with Crippen molar-refractivity contribution in [3.8, 4) is 0 Å². The first kappa shape index (κ1) is 12.4. The van der Waals surface area contributed by atoms with Gasteiger partial charge in [0.2, 0.25) is 5.91 Å². The van der Waals surface area contributed by atoms with Crippen molar-refractivity contribution >= 4 is 11.7 Å². The molecule has 1 aromatic rings. The van der Waals surface area contributed by atoms with Crippen LogP contribution in [0.5, 0.6) is 0 Å². The van der Waals surface area contributed by atoms with E-state index in [-0.39, 0.29) is 5.54 Å². The van der Waals surface area contributed by atoms with Crippen LogP contribution >= 0.6 is 0 Å². The molecule has 0 aliphatic rings. The first-order valence-electron chi connectivity index (χ1n) is 5.05. The predicted octanol–water partition coefficient (Wildman–Crippen LogP) is 0.354. The summed E-state index contributed by atoms with van der Waals surface area (Å²) in [5.41, 5.74) is 11.2. The highest BCUT2D eigenvalue weighted by molar-refractivity contribution is 5.92. The van der Waals surface area contributed by atoms with Crippen LogP contribution in [0.25, 0.3) is 0 Å². The number of hydrogen-bond acceptors (Lipinski definition) is 4. The molecule has 4 N–H and O–H groups in total. The van der Waals surface area contributed by atoms with Crippen LogP contribution in [0.15, 0.2) is 18.3 Å². The molecule has 16 heavy (non-hydrogen) atoms. The average molecular weight is 222 g/mol. The van der Waals surface area contributed by atoms with Crippen LogP contribution in [0.2, 0.25) is 0 Å². The van der Waals surface area contributed by atoms with Gasteiger partial charge in [-0.25, -0.2) is 4.98 Å². The molecule has 88 valence electrons. The summed E-state index contributed by atoms with van der Waals surface area (Å²) in [7, 11) is 1.90. The molecule has 5 heteroatoms. The largest absolute Gasteiger partial charge is 0.366 e. The van der Waals surface area contributed by atoms with Crippen LogP contribution in [0, 0.1) is 0 Å². The summed E-state index contributed by atoms with van der Waals surface area (Å²) in [5.74, 6) is 0.296. The smallest absolute Gasteiger partial charge is 0.250 e. The van der Waals surface area contributed by atoms with Crippen LogP contribution in [-0.4, -0.2) is 30.0 Å². The van der Waals surface area contributed by atoms with Gasteiger partial charge >= 0.3 is 0 Å². The van der Waals surface area contributed by atoms with Gasteiger partial charge < -0.3 is 16.4 Å². The van der Waals surface area contributed by atoms with E-state index in [0.29, 0.717) is 12.1 Å². The number of anilines is 1. The molecule has 1 aromatic heterocycles. The Bertz CT molecular complexity index is 367. The van der Waals surface area contributed by atoms with Crippen LogP contribution in [0.1, 0.15) is 24.2 Å². The molecule has 0 bridgehead atoms. The number of likely N-dealkylation sites (N-methyl/N-ethyl adjacent to an activating group) is 1. The van der Waals surface area contributed by atoms with Crippen LogP contribution in [-0.2, 0) is 0 Å². The van der Waals surface area contributed by atoms with Crippen LogP contribution in [0.4, 0.5) is 5.82 Å². The standard InChI is InChI=1S/C11H18N4O/c1-11(2,13)7-15(3)9-5-4-8(6-14-9)10(12)16/h4-6H,7,13H2,1-3H3,(H2,12,16). The molecular weight excluding hydrogens is 204 g/mol. The minimum atomic E-state index is -0.471. The third-order valence-corrected chi connectivity index (χ3v) is 2.07. The Hall–Kier alpha value is -1.62. The van der Waals surface area contributed by atoms with Gasteiger partial charge in [-0.15, -0.1) is 0 Å². The molecule has 5 nitrogen and oxygen atoms in total. The molecule has 1 amide bonds. The number of amides is 1. The van der Waals surface area contributed by atoms with Crippen molar-refractivity contribution in [2.45, 2.75) is 19.4 Å². The second kappa shape index (κ2) is 4.49. The zero-order valence-electron chi connectivity index (χ0n) is 9.90. The van der Waals surface area contributed by atoms with E-state index in [1.54, 1.807) is 12.1 Å². The lowest BCUT2D eigenvalue weighted by Gasteiger charge is -2.27. The fourth-order valence-corrected chi connectivity index (χ4v) is 1.45. The summed E-state index contributed by atoms with van der Waals surface area (Å²) in [6.45, 7) is 4.57. The Kier molecular flexibility index (Phi) is 3.49. The van der Waals surface area contributed by atoms with Gasteiger partial charge in [-0.1, -0.05) is 0 Å². The highest BCUT2D eigenvalue weighted by Gasteiger charge is 2.15. The third-order valence-electron chi connectivity index (χ3n) is 2.07.